The largest absolute Gasteiger partial charge is 0.461 e. The van der Waals surface area contributed by atoms with Gasteiger partial charge in [-0.1, -0.05) is 18.2 Å². The third-order valence-corrected chi connectivity index (χ3v) is 6.86. The van der Waals surface area contributed by atoms with Gasteiger partial charge in [0.1, 0.15) is 29.5 Å². The first-order chi connectivity index (χ1) is 16.4. The Balaban J connectivity index is 1.24. The van der Waals surface area contributed by atoms with Crippen molar-refractivity contribution in [2.24, 2.45) is 0 Å². The lowest BCUT2D eigenvalue weighted by Gasteiger charge is -2.17. The maximum absolute atomic E-state index is 13.0. The number of nitrogens with two attached hydrogens (primary N) is 1. The summed E-state index contributed by atoms with van der Waals surface area (Å²) in [7, 11) is 0. The number of rotatable bonds is 4. The van der Waals surface area contributed by atoms with Crippen molar-refractivity contribution in [3.63, 3.8) is 0 Å². The number of carbonyl (C=O) groups excluding carboxylic acids is 1. The SMILES string of the molecule is Cc1ccc(-c2ccc3c(c2)C2OC3c3cc(C(=O)NCc4c(C)cc(N)nc4C)ccc32)o1. The summed E-state index contributed by atoms with van der Waals surface area (Å²) in [5.41, 5.74) is 14.8. The van der Waals surface area contributed by atoms with Crippen LogP contribution in [0.2, 0.25) is 0 Å². The number of carbonyl (C=O) groups is 1. The van der Waals surface area contributed by atoms with Gasteiger partial charge in [-0.3, -0.25) is 4.79 Å². The summed E-state index contributed by atoms with van der Waals surface area (Å²) in [4.78, 5) is 17.3. The van der Waals surface area contributed by atoms with Crippen molar-refractivity contribution in [3.8, 4) is 11.3 Å². The van der Waals surface area contributed by atoms with Crippen molar-refractivity contribution < 1.29 is 13.9 Å². The van der Waals surface area contributed by atoms with E-state index in [9.17, 15) is 4.79 Å². The predicted octanol–water partition coefficient (Wildman–Crippen LogP) is 5.30. The monoisotopic (exact) mass is 451 g/mol. The normalized spacial score (nSPS) is 17.5. The number of anilines is 1. The number of nitrogens with one attached hydrogen (secondary N) is 1. The molecular formula is C28H25N3O3. The lowest BCUT2D eigenvalue weighted by atomic mass is 9.84. The molecule has 0 radical (unpaired) electrons. The Labute approximate surface area is 197 Å². The standard InChI is InChI=1S/C28H25N3O3/c1-14-10-25(29)31-16(3)23(14)13-30-28(32)18-6-8-20-22(12-18)27-19-7-5-17(11-21(19)26(20)34-27)24-9-4-15(2)33-24/h4-12,26-27H,13H2,1-3H3,(H2,29,31)(H,30,32). The molecule has 0 spiro atoms. The smallest absolute Gasteiger partial charge is 0.251 e. The molecule has 2 bridgehead atoms. The first-order valence-electron chi connectivity index (χ1n) is 11.4. The number of aromatic nitrogens is 1. The first kappa shape index (κ1) is 20.7. The van der Waals surface area contributed by atoms with Gasteiger partial charge < -0.3 is 20.2 Å². The average Bonchev–Trinajstić information content (AvgIpc) is 3.51. The van der Waals surface area contributed by atoms with E-state index < -0.39 is 0 Å². The second-order valence-electron chi connectivity index (χ2n) is 9.10. The molecule has 0 fully saturated rings. The van der Waals surface area contributed by atoms with Crippen LogP contribution in [0.4, 0.5) is 5.82 Å². The molecule has 2 aromatic carbocycles. The van der Waals surface area contributed by atoms with E-state index in [2.05, 4.69) is 28.5 Å². The van der Waals surface area contributed by atoms with Crippen LogP contribution in [0.25, 0.3) is 11.3 Å². The fourth-order valence-electron chi connectivity index (χ4n) is 5.16. The summed E-state index contributed by atoms with van der Waals surface area (Å²) in [5, 5.41) is 3.03. The van der Waals surface area contributed by atoms with Crippen LogP contribution in [0.15, 0.2) is 59.0 Å². The molecular weight excluding hydrogens is 426 g/mol. The van der Waals surface area contributed by atoms with Gasteiger partial charge in [-0.05, 0) is 90.6 Å². The zero-order valence-corrected chi connectivity index (χ0v) is 19.3. The van der Waals surface area contributed by atoms with E-state index in [-0.39, 0.29) is 18.1 Å². The van der Waals surface area contributed by atoms with E-state index in [1.165, 1.54) is 5.56 Å². The van der Waals surface area contributed by atoms with Gasteiger partial charge in [-0.2, -0.15) is 0 Å². The summed E-state index contributed by atoms with van der Waals surface area (Å²) < 4.78 is 12.1. The molecule has 2 aliphatic rings. The molecule has 2 atom stereocenters. The number of ether oxygens (including phenoxy) is 1. The van der Waals surface area contributed by atoms with Gasteiger partial charge >= 0.3 is 0 Å². The first-order valence-corrected chi connectivity index (χ1v) is 11.4. The molecule has 2 aliphatic heterocycles. The van der Waals surface area contributed by atoms with Crippen molar-refractivity contribution in [2.75, 3.05) is 5.73 Å². The summed E-state index contributed by atoms with van der Waals surface area (Å²) in [5.74, 6) is 2.12. The minimum absolute atomic E-state index is 0.116. The second-order valence-corrected chi connectivity index (χ2v) is 9.10. The van der Waals surface area contributed by atoms with Crippen LogP contribution in [0.1, 0.15) is 67.4 Å². The molecule has 2 aromatic heterocycles. The Morgan fingerprint density at radius 1 is 0.941 bits per heavy atom. The van der Waals surface area contributed by atoms with Crippen molar-refractivity contribution in [2.45, 2.75) is 39.5 Å². The fraction of sp³-hybridized carbons (Fsp3) is 0.214. The maximum atomic E-state index is 13.0. The van der Waals surface area contributed by atoms with Gasteiger partial charge in [-0.25, -0.2) is 4.98 Å². The Bertz CT molecular complexity index is 1450. The van der Waals surface area contributed by atoms with Crippen LogP contribution in [0, 0.1) is 20.8 Å². The van der Waals surface area contributed by atoms with Gasteiger partial charge in [0.05, 0.1) is 0 Å². The number of nitrogen functional groups attached to an aromatic ring is 1. The third kappa shape index (κ3) is 3.22. The fourth-order valence-corrected chi connectivity index (χ4v) is 5.16. The molecule has 6 nitrogen and oxygen atoms in total. The Morgan fingerprint density at radius 2 is 1.68 bits per heavy atom. The molecule has 3 N–H and O–H groups in total. The van der Waals surface area contributed by atoms with Gasteiger partial charge in [0.25, 0.3) is 5.91 Å². The highest BCUT2D eigenvalue weighted by atomic mass is 16.5. The molecule has 0 aliphatic carbocycles. The van der Waals surface area contributed by atoms with Gasteiger partial charge in [-0.15, -0.1) is 0 Å². The lowest BCUT2D eigenvalue weighted by molar-refractivity contribution is 0.0857. The Hall–Kier alpha value is -3.90. The van der Waals surface area contributed by atoms with Crippen LogP contribution in [0.5, 0.6) is 0 Å². The topological polar surface area (TPSA) is 90.4 Å². The molecule has 6 heteroatoms. The number of hydrogen-bond donors (Lipinski definition) is 2. The zero-order chi connectivity index (χ0) is 23.6. The number of pyridine rings is 1. The number of hydrogen-bond acceptors (Lipinski definition) is 5. The number of fused-ring (bicyclic) bond motifs is 8. The van der Waals surface area contributed by atoms with Crippen molar-refractivity contribution in [3.05, 3.63) is 105 Å². The second kappa shape index (κ2) is 7.57. The van der Waals surface area contributed by atoms with E-state index in [1.54, 1.807) is 0 Å². The summed E-state index contributed by atoms with van der Waals surface area (Å²) >= 11 is 0. The molecule has 6 rings (SSSR count). The highest BCUT2D eigenvalue weighted by Crippen LogP contribution is 2.54. The van der Waals surface area contributed by atoms with Crippen LogP contribution < -0.4 is 11.1 Å². The van der Waals surface area contributed by atoms with Gasteiger partial charge in [0, 0.05) is 23.4 Å². The highest BCUT2D eigenvalue weighted by Gasteiger charge is 2.43. The van der Waals surface area contributed by atoms with Crippen LogP contribution in [-0.4, -0.2) is 10.9 Å². The van der Waals surface area contributed by atoms with Gasteiger partial charge in [0.2, 0.25) is 0 Å². The molecule has 4 heterocycles. The van der Waals surface area contributed by atoms with E-state index >= 15 is 0 Å². The quantitative estimate of drug-likeness (QED) is 0.439. The molecule has 34 heavy (non-hydrogen) atoms. The lowest BCUT2D eigenvalue weighted by Crippen LogP contribution is -2.24. The molecule has 0 saturated heterocycles. The minimum atomic E-state index is -0.152. The Kier molecular flexibility index (Phi) is 4.61. The molecule has 0 saturated carbocycles. The number of benzene rings is 2. The summed E-state index contributed by atoms with van der Waals surface area (Å²) in [6, 6.07) is 18.0. The van der Waals surface area contributed by atoms with Gasteiger partial charge in [0.15, 0.2) is 0 Å². The molecule has 4 aromatic rings. The predicted molar refractivity (Wildman–Crippen MR) is 129 cm³/mol. The van der Waals surface area contributed by atoms with E-state index in [0.29, 0.717) is 17.9 Å². The number of amides is 1. The third-order valence-electron chi connectivity index (χ3n) is 6.86. The van der Waals surface area contributed by atoms with Crippen LogP contribution in [0.3, 0.4) is 0 Å². The van der Waals surface area contributed by atoms with Crippen molar-refractivity contribution in [1.29, 1.82) is 0 Å². The molecule has 1 amide bonds. The average molecular weight is 452 g/mol. The number of aryl methyl sites for hydroxylation is 3. The zero-order valence-electron chi connectivity index (χ0n) is 19.3. The van der Waals surface area contributed by atoms with E-state index in [0.717, 1.165) is 50.6 Å². The molecule has 2 unspecified atom stereocenters. The van der Waals surface area contributed by atoms with Crippen molar-refractivity contribution in [1.82, 2.24) is 10.3 Å². The van der Waals surface area contributed by atoms with E-state index in [4.69, 9.17) is 14.9 Å². The van der Waals surface area contributed by atoms with Crippen molar-refractivity contribution >= 4 is 11.7 Å². The van der Waals surface area contributed by atoms with Crippen LogP contribution in [-0.2, 0) is 11.3 Å². The number of furan rings is 1. The summed E-state index contributed by atoms with van der Waals surface area (Å²) in [6.45, 7) is 6.23. The molecule has 170 valence electrons. The van der Waals surface area contributed by atoms with E-state index in [1.807, 2.05) is 57.2 Å². The highest BCUT2D eigenvalue weighted by molar-refractivity contribution is 5.94. The van der Waals surface area contributed by atoms with Crippen LogP contribution >= 0.6 is 0 Å². The minimum Gasteiger partial charge on any atom is -0.461 e. The maximum Gasteiger partial charge on any atom is 0.251 e. The Morgan fingerprint density at radius 3 is 2.38 bits per heavy atom. The number of nitrogens with zero attached hydrogens (tertiary/aromatic N) is 1. The summed E-state index contributed by atoms with van der Waals surface area (Å²) in [6.07, 6.45) is -0.268.